The van der Waals surface area contributed by atoms with E-state index in [0.717, 1.165) is 15.7 Å². The van der Waals surface area contributed by atoms with Crippen LogP contribution in [-0.4, -0.2) is 29.0 Å². The second-order valence-electron chi connectivity index (χ2n) is 4.01. The highest BCUT2D eigenvalue weighted by molar-refractivity contribution is 9.10. The van der Waals surface area contributed by atoms with Gasteiger partial charge in [0.1, 0.15) is 0 Å². The van der Waals surface area contributed by atoms with Gasteiger partial charge < -0.3 is 21.3 Å². The Morgan fingerprint density at radius 3 is 2.44 bits per heavy atom. The Morgan fingerprint density at radius 2 is 2.00 bits per heavy atom. The molecule has 4 nitrogen and oxygen atoms in total. The molecule has 0 aliphatic rings. The van der Waals surface area contributed by atoms with Gasteiger partial charge in [-0.25, -0.2) is 0 Å². The number of nitrogens with two attached hydrogens (primary N) is 1. The Balaban J connectivity index is 2.86. The zero-order valence-corrected chi connectivity index (χ0v) is 10.8. The fraction of sp³-hybridized carbons (Fsp3) is 0.455. The number of benzene rings is 1. The van der Waals surface area contributed by atoms with Crippen molar-refractivity contribution in [1.29, 1.82) is 0 Å². The van der Waals surface area contributed by atoms with Crippen LogP contribution in [0.1, 0.15) is 12.5 Å². The second kappa shape index (κ2) is 5.63. The molecule has 1 aromatic rings. The lowest BCUT2D eigenvalue weighted by atomic mass is 10.0. The number of aliphatic hydroxyl groups is 2. The highest BCUT2D eigenvalue weighted by Gasteiger charge is 2.21. The molecule has 0 atom stereocenters. The molecule has 0 aliphatic heterocycles. The Bertz CT molecular complexity index is 354. The van der Waals surface area contributed by atoms with E-state index in [-0.39, 0.29) is 13.2 Å². The monoisotopic (exact) mass is 288 g/mol. The molecule has 90 valence electrons. The maximum atomic E-state index is 9.16. The topological polar surface area (TPSA) is 78.5 Å². The molecule has 1 rings (SSSR count). The minimum absolute atomic E-state index is 0.139. The molecule has 16 heavy (non-hydrogen) atoms. The van der Waals surface area contributed by atoms with E-state index in [1.54, 1.807) is 6.92 Å². The predicted molar refractivity (Wildman–Crippen MR) is 68.2 cm³/mol. The summed E-state index contributed by atoms with van der Waals surface area (Å²) in [5.74, 6) is 0. The number of nitrogens with one attached hydrogen (secondary N) is 1. The Morgan fingerprint density at radius 1 is 1.38 bits per heavy atom. The van der Waals surface area contributed by atoms with Crippen LogP contribution in [0.4, 0.5) is 5.69 Å². The number of aliphatic hydroxyl groups excluding tert-OH is 2. The smallest absolute Gasteiger partial charge is 0.0806 e. The first-order valence-electron chi connectivity index (χ1n) is 5.03. The van der Waals surface area contributed by atoms with E-state index >= 15 is 0 Å². The molecular weight excluding hydrogens is 272 g/mol. The zero-order valence-electron chi connectivity index (χ0n) is 9.20. The lowest BCUT2D eigenvalue weighted by Crippen LogP contribution is -2.42. The summed E-state index contributed by atoms with van der Waals surface area (Å²) in [4.78, 5) is 0. The molecule has 0 amide bonds. The maximum absolute atomic E-state index is 9.16. The van der Waals surface area contributed by atoms with Gasteiger partial charge in [0.2, 0.25) is 0 Å². The third-order valence-corrected chi connectivity index (χ3v) is 3.16. The summed E-state index contributed by atoms with van der Waals surface area (Å²) >= 11 is 3.41. The molecular formula is C11H17BrN2O2. The van der Waals surface area contributed by atoms with E-state index in [4.69, 9.17) is 15.9 Å². The first-order chi connectivity index (χ1) is 7.54. The van der Waals surface area contributed by atoms with Gasteiger partial charge in [-0.05, 0) is 24.6 Å². The lowest BCUT2D eigenvalue weighted by Gasteiger charge is -2.27. The Hall–Kier alpha value is -0.620. The van der Waals surface area contributed by atoms with E-state index in [1.165, 1.54) is 0 Å². The van der Waals surface area contributed by atoms with Crippen LogP contribution in [-0.2, 0) is 6.54 Å². The summed E-state index contributed by atoms with van der Waals surface area (Å²) in [6.07, 6.45) is 0. The zero-order chi connectivity index (χ0) is 12.2. The summed E-state index contributed by atoms with van der Waals surface area (Å²) in [5.41, 5.74) is 6.67. The second-order valence-corrected chi connectivity index (χ2v) is 4.87. The molecule has 0 saturated heterocycles. The molecule has 0 heterocycles. The number of hydrogen-bond donors (Lipinski definition) is 4. The highest BCUT2D eigenvalue weighted by atomic mass is 79.9. The van der Waals surface area contributed by atoms with Crippen LogP contribution in [0.25, 0.3) is 0 Å². The van der Waals surface area contributed by atoms with Gasteiger partial charge in [0.05, 0.1) is 18.8 Å². The van der Waals surface area contributed by atoms with Crippen molar-refractivity contribution in [1.82, 2.24) is 0 Å². The molecule has 0 saturated carbocycles. The number of halogens is 1. The van der Waals surface area contributed by atoms with Crippen LogP contribution < -0.4 is 11.1 Å². The van der Waals surface area contributed by atoms with Crippen LogP contribution >= 0.6 is 15.9 Å². The molecule has 0 aromatic heterocycles. The van der Waals surface area contributed by atoms with Crippen molar-refractivity contribution >= 4 is 21.6 Å². The van der Waals surface area contributed by atoms with Crippen molar-refractivity contribution in [2.75, 3.05) is 18.5 Å². The standard InChI is InChI=1S/C11H17BrN2O2/c1-11(6-15,7-16)14-9-3-2-8(5-13)10(12)4-9/h2-4,14-16H,5-7,13H2,1H3. The van der Waals surface area contributed by atoms with E-state index in [2.05, 4.69) is 21.2 Å². The third kappa shape index (κ3) is 3.18. The number of hydrogen-bond acceptors (Lipinski definition) is 4. The van der Waals surface area contributed by atoms with Gasteiger partial charge in [-0.2, -0.15) is 0 Å². The largest absolute Gasteiger partial charge is 0.394 e. The SMILES string of the molecule is CC(CO)(CO)Nc1ccc(CN)c(Br)c1. The summed E-state index contributed by atoms with van der Waals surface area (Å²) in [6, 6.07) is 5.66. The summed E-state index contributed by atoms with van der Waals surface area (Å²) < 4.78 is 0.915. The molecule has 0 spiro atoms. The van der Waals surface area contributed by atoms with E-state index in [9.17, 15) is 0 Å². The van der Waals surface area contributed by atoms with Crippen LogP contribution in [0.2, 0.25) is 0 Å². The fourth-order valence-electron chi connectivity index (χ4n) is 1.27. The van der Waals surface area contributed by atoms with E-state index in [1.807, 2.05) is 18.2 Å². The first kappa shape index (κ1) is 13.4. The quantitative estimate of drug-likeness (QED) is 0.653. The van der Waals surface area contributed by atoms with Crippen LogP contribution in [0.3, 0.4) is 0 Å². The van der Waals surface area contributed by atoms with Crippen LogP contribution in [0.15, 0.2) is 22.7 Å². The third-order valence-electron chi connectivity index (χ3n) is 2.42. The molecule has 5 heteroatoms. The van der Waals surface area contributed by atoms with Crippen molar-refractivity contribution in [3.8, 4) is 0 Å². The molecule has 1 aromatic carbocycles. The average Bonchev–Trinajstić information content (AvgIpc) is 2.29. The minimum Gasteiger partial charge on any atom is -0.394 e. The Labute approximate surface area is 104 Å². The van der Waals surface area contributed by atoms with Gasteiger partial charge in [-0.15, -0.1) is 0 Å². The van der Waals surface area contributed by atoms with Gasteiger partial charge in [0.15, 0.2) is 0 Å². The molecule has 0 aliphatic carbocycles. The van der Waals surface area contributed by atoms with Gasteiger partial charge in [-0.1, -0.05) is 22.0 Å². The van der Waals surface area contributed by atoms with Crippen LogP contribution in [0.5, 0.6) is 0 Å². The van der Waals surface area contributed by atoms with Gasteiger partial charge in [-0.3, -0.25) is 0 Å². The lowest BCUT2D eigenvalue weighted by molar-refractivity contribution is 0.147. The molecule has 5 N–H and O–H groups in total. The molecule has 0 radical (unpaired) electrons. The first-order valence-corrected chi connectivity index (χ1v) is 5.82. The normalized spacial score (nSPS) is 11.6. The molecule has 0 fully saturated rings. The van der Waals surface area contributed by atoms with Gasteiger partial charge in [0.25, 0.3) is 0 Å². The van der Waals surface area contributed by atoms with E-state index < -0.39 is 5.54 Å². The summed E-state index contributed by atoms with van der Waals surface area (Å²) in [7, 11) is 0. The van der Waals surface area contributed by atoms with Gasteiger partial charge in [0, 0.05) is 16.7 Å². The van der Waals surface area contributed by atoms with Crippen molar-refractivity contribution < 1.29 is 10.2 Å². The van der Waals surface area contributed by atoms with Crippen molar-refractivity contribution in [3.05, 3.63) is 28.2 Å². The van der Waals surface area contributed by atoms with Crippen molar-refractivity contribution in [2.24, 2.45) is 5.73 Å². The summed E-state index contributed by atoms with van der Waals surface area (Å²) in [6.45, 7) is 1.94. The fourth-order valence-corrected chi connectivity index (χ4v) is 1.81. The average molecular weight is 289 g/mol. The predicted octanol–water partition coefficient (Wildman–Crippen LogP) is 1.06. The number of anilines is 1. The minimum atomic E-state index is -0.719. The Kier molecular flexibility index (Phi) is 4.73. The summed E-state index contributed by atoms with van der Waals surface area (Å²) in [5, 5.41) is 21.4. The van der Waals surface area contributed by atoms with Crippen LogP contribution in [0, 0.1) is 0 Å². The number of rotatable bonds is 5. The van der Waals surface area contributed by atoms with E-state index in [0.29, 0.717) is 6.54 Å². The molecule has 0 bridgehead atoms. The van der Waals surface area contributed by atoms with Gasteiger partial charge >= 0.3 is 0 Å². The van der Waals surface area contributed by atoms with Crippen molar-refractivity contribution in [2.45, 2.75) is 19.0 Å². The highest BCUT2D eigenvalue weighted by Crippen LogP contribution is 2.23. The van der Waals surface area contributed by atoms with Crippen molar-refractivity contribution in [3.63, 3.8) is 0 Å². The maximum Gasteiger partial charge on any atom is 0.0806 e. The molecule has 0 unspecified atom stereocenters.